The molecule has 0 aliphatic carbocycles. The van der Waals surface area contributed by atoms with E-state index in [1.807, 2.05) is 0 Å². The van der Waals surface area contributed by atoms with Crippen molar-refractivity contribution in [1.29, 1.82) is 0 Å². The number of benzene rings is 1. The van der Waals surface area contributed by atoms with Crippen LogP contribution in [-0.2, 0) is 10.9 Å². The Morgan fingerprint density at radius 1 is 1.27 bits per heavy atom. The second-order valence-electron chi connectivity index (χ2n) is 4.09. The lowest BCUT2D eigenvalue weighted by Crippen LogP contribution is -2.26. The number of hydrogen-bond acceptors (Lipinski definition) is 2. The lowest BCUT2D eigenvalue weighted by molar-refractivity contribution is 0.448. The maximum atomic E-state index is 9.80. The van der Waals surface area contributed by atoms with E-state index < -0.39 is 0 Å². The number of phenolic OH excluding ortho intramolecular Hbond substituents is 2. The number of phenols is 2. The molecule has 82 valence electrons. The summed E-state index contributed by atoms with van der Waals surface area (Å²) in [4.78, 5) is 0.946. The Morgan fingerprint density at radius 2 is 2.07 bits per heavy atom. The van der Waals surface area contributed by atoms with Crippen LogP contribution in [0, 0.1) is 0 Å². The molecule has 1 aliphatic rings. The molecule has 15 heavy (non-hydrogen) atoms. The van der Waals surface area contributed by atoms with E-state index in [1.54, 1.807) is 12.1 Å². The average molecular weight is 225 g/mol. The van der Waals surface area contributed by atoms with E-state index in [-0.39, 0.29) is 16.6 Å². The number of rotatable bonds is 1. The molecule has 1 fully saturated rings. The molecular formula is C12H17O2S+. The molecule has 2 atom stereocenters. The van der Waals surface area contributed by atoms with Gasteiger partial charge < -0.3 is 10.2 Å². The second kappa shape index (κ2) is 4.35. The van der Waals surface area contributed by atoms with E-state index in [0.29, 0.717) is 11.0 Å². The molecule has 1 heterocycles. The van der Waals surface area contributed by atoms with Gasteiger partial charge in [-0.2, -0.15) is 0 Å². The quantitative estimate of drug-likeness (QED) is 0.570. The molecule has 1 aromatic rings. The molecule has 1 aliphatic heterocycles. The zero-order valence-electron chi connectivity index (χ0n) is 8.94. The molecular weight excluding hydrogens is 208 g/mol. The third kappa shape index (κ3) is 2.23. The van der Waals surface area contributed by atoms with E-state index in [4.69, 9.17) is 0 Å². The van der Waals surface area contributed by atoms with Gasteiger partial charge in [0, 0.05) is 17.0 Å². The Bertz CT molecular complexity index is 351. The SMILES string of the molecule is CC1CCCC[S+]1c1cc(O)ccc1O. The van der Waals surface area contributed by atoms with Crippen LogP contribution in [0.1, 0.15) is 26.2 Å². The first-order chi connectivity index (χ1) is 7.18. The van der Waals surface area contributed by atoms with Crippen molar-refractivity contribution in [3.05, 3.63) is 18.2 Å². The first-order valence-corrected chi connectivity index (χ1v) is 6.86. The molecule has 0 aromatic heterocycles. The second-order valence-corrected chi connectivity index (χ2v) is 6.60. The summed E-state index contributed by atoms with van der Waals surface area (Å²) in [5.74, 6) is 1.75. The van der Waals surface area contributed by atoms with Crippen LogP contribution in [0.2, 0.25) is 0 Å². The maximum absolute atomic E-state index is 9.80. The van der Waals surface area contributed by atoms with E-state index in [0.717, 1.165) is 10.6 Å². The molecule has 0 amide bonds. The fraction of sp³-hybridized carbons (Fsp3) is 0.500. The molecule has 2 rings (SSSR count). The monoisotopic (exact) mass is 225 g/mol. The van der Waals surface area contributed by atoms with Crippen LogP contribution in [0.4, 0.5) is 0 Å². The van der Waals surface area contributed by atoms with Gasteiger partial charge in [-0.05, 0) is 38.3 Å². The van der Waals surface area contributed by atoms with Gasteiger partial charge in [0.05, 0.1) is 0 Å². The fourth-order valence-corrected chi connectivity index (χ4v) is 4.70. The molecule has 2 N–H and O–H groups in total. The topological polar surface area (TPSA) is 40.5 Å². The minimum Gasteiger partial charge on any atom is -0.508 e. The summed E-state index contributed by atoms with van der Waals surface area (Å²) in [6.45, 7) is 2.24. The van der Waals surface area contributed by atoms with Gasteiger partial charge in [0.15, 0.2) is 10.6 Å². The van der Waals surface area contributed by atoms with Gasteiger partial charge in [0.2, 0.25) is 0 Å². The Morgan fingerprint density at radius 3 is 2.80 bits per heavy atom. The van der Waals surface area contributed by atoms with Crippen molar-refractivity contribution >= 4 is 10.9 Å². The first-order valence-electron chi connectivity index (χ1n) is 5.40. The molecule has 2 unspecified atom stereocenters. The highest BCUT2D eigenvalue weighted by atomic mass is 32.2. The lowest BCUT2D eigenvalue weighted by atomic mass is 10.2. The van der Waals surface area contributed by atoms with Crippen LogP contribution in [0.25, 0.3) is 0 Å². The summed E-state index contributed by atoms with van der Waals surface area (Å²) in [6, 6.07) is 4.86. The van der Waals surface area contributed by atoms with Crippen molar-refractivity contribution in [3.8, 4) is 11.5 Å². The maximum Gasteiger partial charge on any atom is 0.200 e. The summed E-state index contributed by atoms with van der Waals surface area (Å²) in [5.41, 5.74) is 0. The zero-order valence-corrected chi connectivity index (χ0v) is 9.76. The van der Waals surface area contributed by atoms with Gasteiger partial charge in [0.25, 0.3) is 0 Å². The smallest absolute Gasteiger partial charge is 0.200 e. The van der Waals surface area contributed by atoms with Crippen LogP contribution in [0.5, 0.6) is 11.5 Å². The van der Waals surface area contributed by atoms with Crippen molar-refractivity contribution in [1.82, 2.24) is 0 Å². The lowest BCUT2D eigenvalue weighted by Gasteiger charge is -2.20. The van der Waals surface area contributed by atoms with Crippen LogP contribution in [0.15, 0.2) is 23.1 Å². The molecule has 1 aromatic carbocycles. The van der Waals surface area contributed by atoms with Crippen LogP contribution < -0.4 is 0 Å². The molecule has 3 heteroatoms. The Labute approximate surface area is 93.3 Å². The van der Waals surface area contributed by atoms with Gasteiger partial charge in [-0.3, -0.25) is 0 Å². The normalized spacial score (nSPS) is 26.5. The highest BCUT2D eigenvalue weighted by molar-refractivity contribution is 7.97. The molecule has 0 bridgehead atoms. The molecule has 0 radical (unpaired) electrons. The van der Waals surface area contributed by atoms with Crippen LogP contribution in [-0.4, -0.2) is 21.2 Å². The van der Waals surface area contributed by atoms with E-state index in [9.17, 15) is 10.2 Å². The predicted molar refractivity (Wildman–Crippen MR) is 63.6 cm³/mol. The summed E-state index contributed by atoms with van der Waals surface area (Å²) >= 11 is 0. The Hall–Kier alpha value is -0.830. The molecule has 0 saturated carbocycles. The Kier molecular flexibility index (Phi) is 3.10. The number of aromatic hydroxyl groups is 2. The van der Waals surface area contributed by atoms with Crippen molar-refractivity contribution in [3.63, 3.8) is 0 Å². The van der Waals surface area contributed by atoms with E-state index in [2.05, 4.69) is 6.92 Å². The zero-order chi connectivity index (χ0) is 10.8. The molecule has 2 nitrogen and oxygen atoms in total. The first kappa shape index (κ1) is 10.7. The summed E-state index contributed by atoms with van der Waals surface area (Å²) in [7, 11) is 0.115. The van der Waals surface area contributed by atoms with Gasteiger partial charge >= 0.3 is 0 Å². The molecule has 0 spiro atoms. The van der Waals surface area contributed by atoms with Crippen LogP contribution >= 0.6 is 0 Å². The number of hydrogen-bond donors (Lipinski definition) is 2. The van der Waals surface area contributed by atoms with Gasteiger partial charge in [-0.15, -0.1) is 0 Å². The fourth-order valence-electron chi connectivity index (χ4n) is 2.07. The highest BCUT2D eigenvalue weighted by Crippen LogP contribution is 2.35. The highest BCUT2D eigenvalue weighted by Gasteiger charge is 2.34. The standard InChI is InChI=1S/C12H16O2S/c1-9-4-2-3-7-15(9)12-8-10(13)5-6-11(12)14/h5-6,8-9H,2-4,7H2,1H3,(H-,13,14)/p+1. The van der Waals surface area contributed by atoms with Crippen molar-refractivity contribution in [2.75, 3.05) is 5.75 Å². The minimum absolute atomic E-state index is 0.115. The third-order valence-electron chi connectivity index (χ3n) is 2.94. The predicted octanol–water partition coefficient (Wildman–Crippen LogP) is 2.65. The van der Waals surface area contributed by atoms with Gasteiger partial charge in [0.1, 0.15) is 16.8 Å². The van der Waals surface area contributed by atoms with Gasteiger partial charge in [-0.25, -0.2) is 0 Å². The van der Waals surface area contributed by atoms with E-state index in [1.165, 1.54) is 25.3 Å². The third-order valence-corrected chi connectivity index (χ3v) is 5.76. The summed E-state index contributed by atoms with van der Waals surface area (Å²) < 4.78 is 0. The van der Waals surface area contributed by atoms with Crippen LogP contribution in [0.3, 0.4) is 0 Å². The minimum atomic E-state index is 0.115. The average Bonchev–Trinajstić information content (AvgIpc) is 2.23. The molecule has 1 saturated heterocycles. The summed E-state index contributed by atoms with van der Waals surface area (Å²) in [6.07, 6.45) is 3.77. The largest absolute Gasteiger partial charge is 0.508 e. The van der Waals surface area contributed by atoms with Gasteiger partial charge in [-0.1, -0.05) is 0 Å². The summed E-state index contributed by atoms with van der Waals surface area (Å²) in [5, 5.41) is 19.9. The van der Waals surface area contributed by atoms with Crippen molar-refractivity contribution in [2.45, 2.75) is 36.3 Å². The van der Waals surface area contributed by atoms with Crippen molar-refractivity contribution in [2.24, 2.45) is 0 Å². The van der Waals surface area contributed by atoms with Crippen molar-refractivity contribution < 1.29 is 10.2 Å². The Balaban J connectivity index is 2.30. The van der Waals surface area contributed by atoms with E-state index >= 15 is 0 Å².